The van der Waals surface area contributed by atoms with Crippen molar-refractivity contribution in [2.45, 2.75) is 13.5 Å². The van der Waals surface area contributed by atoms with Crippen molar-refractivity contribution in [3.63, 3.8) is 0 Å². The Morgan fingerprint density at radius 1 is 1.04 bits per heavy atom. The maximum atomic E-state index is 12.6. The highest BCUT2D eigenvalue weighted by Gasteiger charge is 2.11. The Balaban J connectivity index is 1.59. The lowest BCUT2D eigenvalue weighted by atomic mass is 10.2. The molecule has 2 heterocycles. The van der Waals surface area contributed by atoms with E-state index in [1.54, 1.807) is 30.3 Å². The third-order valence-corrected chi connectivity index (χ3v) is 4.48. The Hall–Kier alpha value is -3.87. The van der Waals surface area contributed by atoms with Crippen molar-refractivity contribution in [1.29, 1.82) is 0 Å². The first kappa shape index (κ1) is 17.5. The molecule has 0 aliphatic carbocycles. The van der Waals surface area contributed by atoms with E-state index in [1.165, 1.54) is 4.57 Å². The molecule has 0 fully saturated rings. The highest BCUT2D eigenvalue weighted by Crippen LogP contribution is 2.12. The van der Waals surface area contributed by atoms with Crippen LogP contribution in [0.4, 0.5) is 5.95 Å². The van der Waals surface area contributed by atoms with Crippen molar-refractivity contribution in [2.75, 3.05) is 5.43 Å². The second-order valence-electron chi connectivity index (χ2n) is 6.22. The van der Waals surface area contributed by atoms with E-state index >= 15 is 0 Å². The van der Waals surface area contributed by atoms with Gasteiger partial charge in [0, 0.05) is 30.2 Å². The molecule has 7 nitrogen and oxygen atoms in total. The molecule has 2 aromatic carbocycles. The van der Waals surface area contributed by atoms with Crippen molar-refractivity contribution in [2.24, 2.45) is 0 Å². The third-order valence-electron chi connectivity index (χ3n) is 4.48. The predicted octanol–water partition coefficient (Wildman–Crippen LogP) is 2.96. The molecular formula is C21H19N5O2. The predicted molar refractivity (Wildman–Crippen MR) is 109 cm³/mol. The van der Waals surface area contributed by atoms with Crippen molar-refractivity contribution in [3.05, 3.63) is 89.0 Å². The lowest BCUT2D eigenvalue weighted by Crippen LogP contribution is -2.34. The van der Waals surface area contributed by atoms with Gasteiger partial charge in [-0.05, 0) is 49.4 Å². The van der Waals surface area contributed by atoms with Gasteiger partial charge in [0.05, 0.1) is 10.9 Å². The van der Waals surface area contributed by atoms with E-state index < -0.39 is 0 Å². The minimum atomic E-state index is -0.320. The summed E-state index contributed by atoms with van der Waals surface area (Å²) in [6.45, 7) is 2.28. The molecule has 2 N–H and O–H groups in total. The highest BCUT2D eigenvalue weighted by molar-refractivity contribution is 5.95. The molecule has 28 heavy (non-hydrogen) atoms. The Morgan fingerprint density at radius 2 is 1.82 bits per heavy atom. The number of carbonyl (C=O) groups is 1. The van der Waals surface area contributed by atoms with Gasteiger partial charge in [-0.1, -0.05) is 18.2 Å². The van der Waals surface area contributed by atoms with E-state index in [9.17, 15) is 9.59 Å². The van der Waals surface area contributed by atoms with Crippen LogP contribution in [0.5, 0.6) is 0 Å². The minimum Gasteiger partial charge on any atom is -0.324 e. The van der Waals surface area contributed by atoms with Gasteiger partial charge in [0.1, 0.15) is 0 Å². The molecule has 0 atom stereocenters. The molecule has 0 aliphatic rings. The van der Waals surface area contributed by atoms with Crippen LogP contribution in [0.1, 0.15) is 17.3 Å². The Labute approximate surface area is 161 Å². The first-order valence-corrected chi connectivity index (χ1v) is 8.96. The summed E-state index contributed by atoms with van der Waals surface area (Å²) in [5.41, 5.74) is 7.22. The number of benzene rings is 2. The second-order valence-corrected chi connectivity index (χ2v) is 6.22. The lowest BCUT2D eigenvalue weighted by Gasteiger charge is -2.14. The fourth-order valence-corrected chi connectivity index (χ4v) is 3.06. The van der Waals surface area contributed by atoms with Crippen LogP contribution in [0.3, 0.4) is 0 Å². The summed E-state index contributed by atoms with van der Waals surface area (Å²) in [7, 11) is 0. The van der Waals surface area contributed by atoms with E-state index in [0.717, 1.165) is 5.69 Å². The van der Waals surface area contributed by atoms with Gasteiger partial charge in [0.2, 0.25) is 5.95 Å². The highest BCUT2D eigenvalue weighted by atomic mass is 16.2. The summed E-state index contributed by atoms with van der Waals surface area (Å²) in [5.74, 6) is -0.0276. The number of fused-ring (bicyclic) bond motifs is 1. The number of para-hydroxylation sites is 1. The average molecular weight is 373 g/mol. The molecule has 0 saturated heterocycles. The zero-order valence-electron chi connectivity index (χ0n) is 15.3. The molecule has 0 aliphatic heterocycles. The molecule has 4 aromatic rings. The number of hydrogen-bond donors (Lipinski definition) is 2. The molecule has 0 saturated carbocycles. The number of rotatable bonds is 5. The van der Waals surface area contributed by atoms with Crippen molar-refractivity contribution in [1.82, 2.24) is 19.5 Å². The summed E-state index contributed by atoms with van der Waals surface area (Å²) >= 11 is 0. The Morgan fingerprint density at radius 3 is 2.61 bits per heavy atom. The number of hydrazine groups is 1. The number of anilines is 1. The van der Waals surface area contributed by atoms with Gasteiger partial charge in [-0.3, -0.25) is 25.0 Å². The van der Waals surface area contributed by atoms with E-state index in [2.05, 4.69) is 15.8 Å². The SMILES string of the molecule is CCn1c(NNC(=O)c2cccc(-n3cccc3)c2)nc2ccccc2c1=O. The van der Waals surface area contributed by atoms with Crippen LogP contribution < -0.4 is 16.4 Å². The van der Waals surface area contributed by atoms with Gasteiger partial charge >= 0.3 is 0 Å². The van der Waals surface area contributed by atoms with E-state index in [1.807, 2.05) is 54.2 Å². The standard InChI is InChI=1S/C21H19N5O2/c1-2-26-20(28)17-10-3-4-11-18(17)22-21(26)24-23-19(27)15-8-7-9-16(14-15)25-12-5-6-13-25/h3-14H,2H2,1H3,(H,22,24)(H,23,27). The maximum absolute atomic E-state index is 12.6. The molecule has 0 bridgehead atoms. The Kier molecular flexibility index (Phi) is 4.63. The summed E-state index contributed by atoms with van der Waals surface area (Å²) < 4.78 is 3.41. The number of nitrogens with one attached hydrogen (secondary N) is 2. The maximum Gasteiger partial charge on any atom is 0.269 e. The average Bonchev–Trinajstić information content (AvgIpc) is 3.27. The first-order valence-electron chi connectivity index (χ1n) is 8.96. The lowest BCUT2D eigenvalue weighted by molar-refractivity contribution is 0.0962. The third kappa shape index (κ3) is 3.25. The Bertz CT molecular complexity index is 1200. The van der Waals surface area contributed by atoms with Crippen LogP contribution in [0.2, 0.25) is 0 Å². The number of aromatic nitrogens is 3. The van der Waals surface area contributed by atoms with Gasteiger partial charge in [-0.2, -0.15) is 0 Å². The fraction of sp³-hybridized carbons (Fsp3) is 0.0952. The minimum absolute atomic E-state index is 0.153. The normalized spacial score (nSPS) is 10.8. The number of carbonyl (C=O) groups excluding carboxylic acids is 1. The largest absolute Gasteiger partial charge is 0.324 e. The van der Waals surface area contributed by atoms with E-state index in [0.29, 0.717) is 29.0 Å². The monoisotopic (exact) mass is 373 g/mol. The zero-order chi connectivity index (χ0) is 19.5. The number of nitrogens with zero attached hydrogens (tertiary/aromatic N) is 3. The fourth-order valence-electron chi connectivity index (χ4n) is 3.06. The van der Waals surface area contributed by atoms with Crippen molar-refractivity contribution >= 4 is 22.8 Å². The van der Waals surface area contributed by atoms with Crippen molar-refractivity contribution in [3.8, 4) is 5.69 Å². The molecule has 0 unspecified atom stereocenters. The van der Waals surface area contributed by atoms with Gasteiger partial charge in [0.25, 0.3) is 11.5 Å². The molecule has 2 aromatic heterocycles. The van der Waals surface area contributed by atoms with Gasteiger partial charge in [-0.25, -0.2) is 4.98 Å². The summed E-state index contributed by atoms with van der Waals surface area (Å²) in [5, 5.41) is 0.542. The molecule has 0 spiro atoms. The molecule has 0 radical (unpaired) electrons. The number of hydrogen-bond acceptors (Lipinski definition) is 4. The molecule has 1 amide bonds. The van der Waals surface area contributed by atoms with Crippen LogP contribution >= 0.6 is 0 Å². The van der Waals surface area contributed by atoms with Gasteiger partial charge in [0.15, 0.2) is 0 Å². The van der Waals surface area contributed by atoms with Gasteiger partial charge in [-0.15, -0.1) is 0 Å². The van der Waals surface area contributed by atoms with Crippen LogP contribution in [0, 0.1) is 0 Å². The quantitative estimate of drug-likeness (QED) is 0.527. The van der Waals surface area contributed by atoms with Crippen LogP contribution in [-0.2, 0) is 6.54 Å². The van der Waals surface area contributed by atoms with Crippen molar-refractivity contribution < 1.29 is 4.79 Å². The summed E-state index contributed by atoms with van der Waals surface area (Å²) in [6.07, 6.45) is 3.82. The molecule has 140 valence electrons. The van der Waals surface area contributed by atoms with Gasteiger partial charge < -0.3 is 4.57 Å². The van der Waals surface area contributed by atoms with E-state index in [4.69, 9.17) is 0 Å². The van der Waals surface area contributed by atoms with Crippen LogP contribution in [-0.4, -0.2) is 20.0 Å². The molecule has 7 heteroatoms. The molecule has 4 rings (SSSR count). The van der Waals surface area contributed by atoms with Crippen LogP contribution in [0.25, 0.3) is 16.6 Å². The smallest absolute Gasteiger partial charge is 0.269 e. The summed E-state index contributed by atoms with van der Waals surface area (Å²) in [4.78, 5) is 29.7. The second kappa shape index (κ2) is 7.40. The topological polar surface area (TPSA) is 81.0 Å². The summed E-state index contributed by atoms with van der Waals surface area (Å²) in [6, 6.07) is 18.2. The first-order chi connectivity index (χ1) is 13.7. The molecular weight excluding hydrogens is 354 g/mol. The van der Waals surface area contributed by atoms with Crippen LogP contribution in [0.15, 0.2) is 77.9 Å². The zero-order valence-corrected chi connectivity index (χ0v) is 15.3. The number of amides is 1. The van der Waals surface area contributed by atoms with E-state index in [-0.39, 0.29) is 11.5 Å².